The largest absolute Gasteiger partial charge is 0.377 e. The molecule has 1 atom stereocenters. The van der Waals surface area contributed by atoms with Gasteiger partial charge < -0.3 is 10.1 Å². The lowest BCUT2D eigenvalue weighted by Crippen LogP contribution is -2.26. The predicted octanol–water partition coefficient (Wildman–Crippen LogP) is 2.09. The summed E-state index contributed by atoms with van der Waals surface area (Å²) in [4.78, 5) is 0. The highest BCUT2D eigenvalue weighted by atomic mass is 19.1. The summed E-state index contributed by atoms with van der Waals surface area (Å²) in [6.07, 6.45) is 2.58. The van der Waals surface area contributed by atoms with Gasteiger partial charge in [0.2, 0.25) is 0 Å². The molecule has 15 heavy (non-hydrogen) atoms. The first-order valence-electron chi connectivity index (χ1n) is 5.42. The molecule has 2 nitrogen and oxygen atoms in total. The maximum absolute atomic E-state index is 13.2. The lowest BCUT2D eigenvalue weighted by Gasteiger charge is -2.10. The molecule has 0 radical (unpaired) electrons. The zero-order chi connectivity index (χ0) is 10.5. The van der Waals surface area contributed by atoms with E-state index < -0.39 is 0 Å². The van der Waals surface area contributed by atoms with E-state index in [1.54, 1.807) is 12.1 Å². The number of hydrogen-bond donors (Lipinski definition) is 1. The number of hydrogen-bond acceptors (Lipinski definition) is 2. The highest BCUT2D eigenvalue weighted by molar-refractivity contribution is 5.16. The molecule has 1 aliphatic heterocycles. The van der Waals surface area contributed by atoms with E-state index in [1.807, 2.05) is 6.07 Å². The van der Waals surface area contributed by atoms with Gasteiger partial charge in [0, 0.05) is 25.3 Å². The Kier molecular flexibility index (Phi) is 3.69. The zero-order valence-electron chi connectivity index (χ0n) is 8.71. The summed E-state index contributed by atoms with van der Waals surface area (Å²) in [7, 11) is 0. The number of ether oxygens (including phenoxy) is 1. The third-order valence-electron chi connectivity index (χ3n) is 2.67. The fourth-order valence-corrected chi connectivity index (χ4v) is 1.81. The summed E-state index contributed by atoms with van der Waals surface area (Å²) in [6.45, 7) is 2.26. The van der Waals surface area contributed by atoms with E-state index in [0.717, 1.165) is 31.6 Å². The molecule has 0 unspecified atom stereocenters. The van der Waals surface area contributed by atoms with Crippen LogP contribution >= 0.6 is 0 Å². The molecule has 0 bridgehead atoms. The van der Waals surface area contributed by atoms with Gasteiger partial charge in [-0.05, 0) is 18.9 Å². The van der Waals surface area contributed by atoms with Crippen molar-refractivity contribution in [1.29, 1.82) is 0 Å². The fraction of sp³-hybridized carbons (Fsp3) is 0.500. The maximum Gasteiger partial charge on any atom is 0.127 e. The summed E-state index contributed by atoms with van der Waals surface area (Å²) in [5, 5.41) is 3.22. The van der Waals surface area contributed by atoms with Crippen molar-refractivity contribution < 1.29 is 9.13 Å². The van der Waals surface area contributed by atoms with Crippen molar-refractivity contribution in [1.82, 2.24) is 5.32 Å². The molecule has 1 heterocycles. The van der Waals surface area contributed by atoms with Gasteiger partial charge in [-0.25, -0.2) is 4.39 Å². The van der Waals surface area contributed by atoms with Gasteiger partial charge in [-0.1, -0.05) is 18.2 Å². The minimum atomic E-state index is -0.141. The molecule has 1 aromatic rings. The molecule has 0 aromatic heterocycles. The lowest BCUT2D eigenvalue weighted by atomic mass is 10.2. The Labute approximate surface area is 89.4 Å². The Morgan fingerprint density at radius 3 is 3.00 bits per heavy atom. The molecular formula is C12H16FNO. The van der Waals surface area contributed by atoms with E-state index in [4.69, 9.17) is 4.74 Å². The second-order valence-electron chi connectivity index (χ2n) is 3.86. The summed E-state index contributed by atoms with van der Waals surface area (Å²) >= 11 is 0. The van der Waals surface area contributed by atoms with Crippen LogP contribution in [0.2, 0.25) is 0 Å². The third kappa shape index (κ3) is 3.01. The molecule has 0 spiro atoms. The Morgan fingerprint density at radius 2 is 2.27 bits per heavy atom. The van der Waals surface area contributed by atoms with Gasteiger partial charge in [0.15, 0.2) is 0 Å². The Balaban J connectivity index is 1.75. The number of nitrogens with one attached hydrogen (secondary N) is 1. The van der Waals surface area contributed by atoms with Crippen LogP contribution in [0, 0.1) is 5.82 Å². The van der Waals surface area contributed by atoms with E-state index in [9.17, 15) is 4.39 Å². The summed E-state index contributed by atoms with van der Waals surface area (Å²) < 4.78 is 18.7. The quantitative estimate of drug-likeness (QED) is 0.820. The van der Waals surface area contributed by atoms with Crippen molar-refractivity contribution in [2.75, 3.05) is 13.2 Å². The minimum Gasteiger partial charge on any atom is -0.377 e. The average Bonchev–Trinajstić information content (AvgIpc) is 2.74. The van der Waals surface area contributed by atoms with Crippen molar-refractivity contribution in [3.05, 3.63) is 35.6 Å². The predicted molar refractivity (Wildman–Crippen MR) is 57.1 cm³/mol. The van der Waals surface area contributed by atoms with Crippen LogP contribution in [0.25, 0.3) is 0 Å². The summed E-state index contributed by atoms with van der Waals surface area (Å²) in [5.41, 5.74) is 0.718. The third-order valence-corrected chi connectivity index (χ3v) is 2.67. The van der Waals surface area contributed by atoms with Gasteiger partial charge in [0.05, 0.1) is 6.10 Å². The van der Waals surface area contributed by atoms with Gasteiger partial charge in [-0.2, -0.15) is 0 Å². The molecule has 1 fully saturated rings. The SMILES string of the molecule is Fc1ccccc1CNC[C@H]1CCCO1. The van der Waals surface area contributed by atoms with Crippen LogP contribution in [0.15, 0.2) is 24.3 Å². The van der Waals surface area contributed by atoms with Crippen molar-refractivity contribution in [3.8, 4) is 0 Å². The van der Waals surface area contributed by atoms with Crippen LogP contribution in [-0.4, -0.2) is 19.3 Å². The molecule has 1 aromatic carbocycles. The van der Waals surface area contributed by atoms with Crippen LogP contribution < -0.4 is 5.32 Å². The lowest BCUT2D eigenvalue weighted by molar-refractivity contribution is 0.110. The molecular weight excluding hydrogens is 193 g/mol. The number of rotatable bonds is 4. The fourth-order valence-electron chi connectivity index (χ4n) is 1.81. The zero-order valence-corrected chi connectivity index (χ0v) is 8.71. The number of halogens is 1. The minimum absolute atomic E-state index is 0.141. The molecule has 1 N–H and O–H groups in total. The first-order valence-corrected chi connectivity index (χ1v) is 5.42. The van der Waals surface area contributed by atoms with E-state index in [0.29, 0.717) is 12.6 Å². The molecule has 1 saturated heterocycles. The van der Waals surface area contributed by atoms with E-state index in [-0.39, 0.29) is 5.82 Å². The molecule has 2 rings (SSSR count). The van der Waals surface area contributed by atoms with Crippen LogP contribution in [0.4, 0.5) is 4.39 Å². The van der Waals surface area contributed by atoms with Gasteiger partial charge in [-0.3, -0.25) is 0 Å². The first-order chi connectivity index (χ1) is 7.36. The second-order valence-corrected chi connectivity index (χ2v) is 3.86. The highest BCUT2D eigenvalue weighted by Gasteiger charge is 2.14. The highest BCUT2D eigenvalue weighted by Crippen LogP contribution is 2.11. The molecule has 1 aliphatic rings. The Hall–Kier alpha value is -0.930. The van der Waals surface area contributed by atoms with Gasteiger partial charge in [0.1, 0.15) is 5.82 Å². The first kappa shape index (κ1) is 10.6. The summed E-state index contributed by atoms with van der Waals surface area (Å²) in [6, 6.07) is 6.85. The molecule has 0 saturated carbocycles. The van der Waals surface area contributed by atoms with Gasteiger partial charge >= 0.3 is 0 Å². The van der Waals surface area contributed by atoms with Crippen LogP contribution in [0.3, 0.4) is 0 Å². The standard InChI is InChI=1S/C12H16FNO/c13-12-6-2-1-4-10(12)8-14-9-11-5-3-7-15-11/h1-2,4,6,11,14H,3,5,7-9H2/t11-/m1/s1. The van der Waals surface area contributed by atoms with Crippen molar-refractivity contribution in [2.24, 2.45) is 0 Å². The molecule has 3 heteroatoms. The molecule has 0 aliphatic carbocycles. The monoisotopic (exact) mass is 209 g/mol. The molecule has 0 amide bonds. The van der Waals surface area contributed by atoms with E-state index in [1.165, 1.54) is 6.07 Å². The smallest absolute Gasteiger partial charge is 0.127 e. The van der Waals surface area contributed by atoms with Crippen LogP contribution in [-0.2, 0) is 11.3 Å². The maximum atomic E-state index is 13.2. The van der Waals surface area contributed by atoms with Crippen molar-refractivity contribution in [2.45, 2.75) is 25.5 Å². The van der Waals surface area contributed by atoms with Crippen molar-refractivity contribution in [3.63, 3.8) is 0 Å². The van der Waals surface area contributed by atoms with Gasteiger partial charge in [0.25, 0.3) is 0 Å². The molecule has 82 valence electrons. The van der Waals surface area contributed by atoms with E-state index in [2.05, 4.69) is 5.32 Å². The van der Waals surface area contributed by atoms with E-state index >= 15 is 0 Å². The topological polar surface area (TPSA) is 21.3 Å². The Morgan fingerprint density at radius 1 is 1.40 bits per heavy atom. The summed E-state index contributed by atoms with van der Waals surface area (Å²) in [5.74, 6) is -0.141. The Bertz CT molecular complexity index is 310. The van der Waals surface area contributed by atoms with Crippen LogP contribution in [0.5, 0.6) is 0 Å². The van der Waals surface area contributed by atoms with Crippen molar-refractivity contribution >= 4 is 0 Å². The van der Waals surface area contributed by atoms with Gasteiger partial charge in [-0.15, -0.1) is 0 Å². The van der Waals surface area contributed by atoms with Crippen LogP contribution in [0.1, 0.15) is 18.4 Å². The normalized spacial score (nSPS) is 20.7. The average molecular weight is 209 g/mol. The second kappa shape index (κ2) is 5.24. The number of benzene rings is 1.